The molecule has 4 atom stereocenters. The summed E-state index contributed by atoms with van der Waals surface area (Å²) in [6.45, 7) is 3.43. The minimum Gasteiger partial charge on any atom is -0.327 e. The highest BCUT2D eigenvalue weighted by Gasteiger charge is 2.41. The van der Waals surface area contributed by atoms with Gasteiger partial charge in [-0.05, 0) is 30.2 Å². The molecule has 4 unspecified atom stereocenters. The van der Waals surface area contributed by atoms with Crippen molar-refractivity contribution >= 4 is 0 Å². The van der Waals surface area contributed by atoms with Crippen LogP contribution >= 0.6 is 0 Å². The normalized spacial score (nSPS) is 38.9. The number of benzene rings is 1. The van der Waals surface area contributed by atoms with Gasteiger partial charge >= 0.3 is 0 Å². The van der Waals surface area contributed by atoms with E-state index in [2.05, 4.69) is 42.6 Å². The smallest absolute Gasteiger partial charge is 0.0143 e. The lowest BCUT2D eigenvalue weighted by Gasteiger charge is -2.29. The van der Waals surface area contributed by atoms with E-state index in [0.717, 1.165) is 12.5 Å². The van der Waals surface area contributed by atoms with Crippen LogP contribution in [0.25, 0.3) is 0 Å². The Balaban J connectivity index is 1.52. The van der Waals surface area contributed by atoms with E-state index in [1.807, 2.05) is 0 Å². The van der Waals surface area contributed by atoms with E-state index in [9.17, 15) is 0 Å². The molecule has 0 aromatic heterocycles. The van der Waals surface area contributed by atoms with Crippen molar-refractivity contribution in [1.82, 2.24) is 5.32 Å². The largest absolute Gasteiger partial charge is 0.327 e. The summed E-state index contributed by atoms with van der Waals surface area (Å²) in [5.41, 5.74) is 8.03. The van der Waals surface area contributed by atoms with Crippen LogP contribution in [0.2, 0.25) is 0 Å². The fourth-order valence-electron chi connectivity index (χ4n) is 3.33. The maximum Gasteiger partial charge on any atom is 0.0143 e. The van der Waals surface area contributed by atoms with Crippen molar-refractivity contribution in [3.8, 4) is 0 Å². The summed E-state index contributed by atoms with van der Waals surface area (Å²) in [4.78, 5) is 0. The molecular formula is C16H24N2. The zero-order chi connectivity index (χ0) is 12.6. The monoisotopic (exact) mass is 244 g/mol. The summed E-state index contributed by atoms with van der Waals surface area (Å²) < 4.78 is 0. The Morgan fingerprint density at radius 3 is 2.78 bits per heavy atom. The van der Waals surface area contributed by atoms with Crippen LogP contribution in [0.15, 0.2) is 30.3 Å². The summed E-state index contributed by atoms with van der Waals surface area (Å²) >= 11 is 0. The predicted octanol–water partition coefficient (Wildman–Crippen LogP) is 2.65. The van der Waals surface area contributed by atoms with Crippen LogP contribution in [0.4, 0.5) is 0 Å². The molecular weight excluding hydrogens is 220 g/mol. The number of rotatable bonds is 4. The third-order valence-electron chi connectivity index (χ3n) is 4.94. The van der Waals surface area contributed by atoms with E-state index in [1.54, 1.807) is 0 Å². The first kappa shape index (κ1) is 12.2. The first-order valence-corrected chi connectivity index (χ1v) is 7.23. The van der Waals surface area contributed by atoms with Gasteiger partial charge in [0.25, 0.3) is 0 Å². The van der Waals surface area contributed by atoms with Crippen LogP contribution in [0, 0.1) is 5.41 Å². The Labute approximate surface area is 110 Å². The van der Waals surface area contributed by atoms with Crippen LogP contribution in [-0.4, -0.2) is 18.6 Å². The number of hydrogen-bond acceptors (Lipinski definition) is 2. The van der Waals surface area contributed by atoms with Crippen LogP contribution in [0.5, 0.6) is 0 Å². The second-order valence-electron chi connectivity index (χ2n) is 6.39. The summed E-state index contributed by atoms with van der Waals surface area (Å²) in [5, 5.41) is 3.74. The fraction of sp³-hybridized carbons (Fsp3) is 0.625. The zero-order valence-corrected chi connectivity index (χ0v) is 11.2. The molecule has 0 aliphatic heterocycles. The summed E-state index contributed by atoms with van der Waals surface area (Å²) in [6.07, 6.45) is 5.07. The number of nitrogens with one attached hydrogen (secondary N) is 1. The first-order chi connectivity index (χ1) is 8.69. The van der Waals surface area contributed by atoms with E-state index < -0.39 is 0 Å². The van der Waals surface area contributed by atoms with Crippen LogP contribution in [0.3, 0.4) is 0 Å². The van der Waals surface area contributed by atoms with E-state index in [0.29, 0.717) is 17.5 Å². The molecule has 0 bridgehead atoms. The third kappa shape index (κ3) is 2.32. The predicted molar refractivity (Wildman–Crippen MR) is 75.5 cm³/mol. The van der Waals surface area contributed by atoms with Gasteiger partial charge in [0.2, 0.25) is 0 Å². The molecule has 18 heavy (non-hydrogen) atoms. The molecule has 2 fully saturated rings. The minimum absolute atomic E-state index is 0.323. The van der Waals surface area contributed by atoms with Crippen molar-refractivity contribution in [3.05, 3.63) is 35.9 Å². The topological polar surface area (TPSA) is 38.0 Å². The zero-order valence-electron chi connectivity index (χ0n) is 11.2. The molecule has 2 aliphatic rings. The van der Waals surface area contributed by atoms with Crippen molar-refractivity contribution in [2.45, 2.75) is 50.6 Å². The van der Waals surface area contributed by atoms with Crippen molar-refractivity contribution < 1.29 is 0 Å². The molecule has 0 amide bonds. The molecule has 0 heterocycles. The Bertz CT molecular complexity index is 403. The van der Waals surface area contributed by atoms with Gasteiger partial charge in [0, 0.05) is 24.5 Å². The average Bonchev–Trinajstić information content (AvgIpc) is 3.10. The average molecular weight is 244 g/mol. The second kappa shape index (κ2) is 4.67. The van der Waals surface area contributed by atoms with E-state index in [-0.39, 0.29) is 0 Å². The van der Waals surface area contributed by atoms with Gasteiger partial charge in [0.1, 0.15) is 0 Å². The summed E-state index contributed by atoms with van der Waals surface area (Å²) in [7, 11) is 0. The molecule has 2 nitrogen and oxygen atoms in total. The fourth-order valence-corrected chi connectivity index (χ4v) is 3.33. The molecule has 98 valence electrons. The van der Waals surface area contributed by atoms with Crippen molar-refractivity contribution in [3.63, 3.8) is 0 Å². The second-order valence-corrected chi connectivity index (χ2v) is 6.39. The van der Waals surface area contributed by atoms with Crippen molar-refractivity contribution in [1.29, 1.82) is 0 Å². The van der Waals surface area contributed by atoms with Gasteiger partial charge in [-0.25, -0.2) is 0 Å². The van der Waals surface area contributed by atoms with Gasteiger partial charge in [-0.1, -0.05) is 43.7 Å². The Hall–Kier alpha value is -0.860. The molecule has 1 aromatic rings. The number of nitrogens with two attached hydrogens (primary N) is 1. The highest BCUT2D eigenvalue weighted by Crippen LogP contribution is 2.42. The molecule has 0 spiro atoms. The van der Waals surface area contributed by atoms with Gasteiger partial charge in [-0.2, -0.15) is 0 Å². The first-order valence-electron chi connectivity index (χ1n) is 7.23. The molecule has 2 saturated carbocycles. The molecule has 2 aliphatic carbocycles. The molecule has 3 rings (SSSR count). The summed E-state index contributed by atoms with van der Waals surface area (Å²) in [6, 6.07) is 11.9. The van der Waals surface area contributed by atoms with Crippen LogP contribution in [-0.2, 0) is 0 Å². The van der Waals surface area contributed by atoms with Gasteiger partial charge in [-0.15, -0.1) is 0 Å². The highest BCUT2D eigenvalue weighted by atomic mass is 15.0. The number of hydrogen-bond donors (Lipinski definition) is 2. The molecule has 0 radical (unpaired) electrons. The Morgan fingerprint density at radius 2 is 2.11 bits per heavy atom. The summed E-state index contributed by atoms with van der Waals surface area (Å²) in [5.74, 6) is 0.729. The maximum atomic E-state index is 6.23. The highest BCUT2D eigenvalue weighted by molar-refractivity contribution is 5.27. The van der Waals surface area contributed by atoms with Crippen LogP contribution < -0.4 is 11.1 Å². The maximum absolute atomic E-state index is 6.23. The molecule has 3 N–H and O–H groups in total. The molecule has 1 aromatic carbocycles. The van der Waals surface area contributed by atoms with Gasteiger partial charge in [0.15, 0.2) is 0 Å². The van der Waals surface area contributed by atoms with Gasteiger partial charge in [0.05, 0.1) is 0 Å². The van der Waals surface area contributed by atoms with Gasteiger partial charge in [-0.3, -0.25) is 0 Å². The SMILES string of the molecule is CC1(CNC2CC2c2ccccc2)CCCC1N. The molecule has 0 saturated heterocycles. The lowest BCUT2D eigenvalue weighted by atomic mass is 9.85. The Morgan fingerprint density at radius 1 is 1.33 bits per heavy atom. The van der Waals surface area contributed by atoms with Crippen LogP contribution in [0.1, 0.15) is 44.1 Å². The van der Waals surface area contributed by atoms with E-state index in [1.165, 1.54) is 31.2 Å². The van der Waals surface area contributed by atoms with E-state index >= 15 is 0 Å². The minimum atomic E-state index is 0.323. The third-order valence-corrected chi connectivity index (χ3v) is 4.94. The quantitative estimate of drug-likeness (QED) is 0.854. The van der Waals surface area contributed by atoms with Crippen molar-refractivity contribution in [2.75, 3.05) is 6.54 Å². The lowest BCUT2D eigenvalue weighted by molar-refractivity contribution is 0.276. The molecule has 2 heteroatoms. The lowest BCUT2D eigenvalue weighted by Crippen LogP contribution is -2.43. The standard InChI is InChI=1S/C16H24N2/c1-16(9-5-8-15(16)17)11-18-14-10-13(14)12-6-3-2-4-7-12/h2-4,6-7,13-15,18H,5,8-11,17H2,1H3. The van der Waals surface area contributed by atoms with E-state index in [4.69, 9.17) is 5.73 Å². The van der Waals surface area contributed by atoms with Crippen molar-refractivity contribution in [2.24, 2.45) is 11.1 Å². The van der Waals surface area contributed by atoms with Gasteiger partial charge < -0.3 is 11.1 Å². The Kier molecular flexibility index (Phi) is 3.16.